The van der Waals surface area contributed by atoms with Gasteiger partial charge in [-0.3, -0.25) is 9.69 Å². The van der Waals surface area contributed by atoms with Crippen LogP contribution in [0, 0.1) is 0 Å². The highest BCUT2D eigenvalue weighted by molar-refractivity contribution is 7.22. The number of carbonyl (C=O) groups excluding carboxylic acids is 1. The first kappa shape index (κ1) is 33.5. The maximum absolute atomic E-state index is 12.7. The second-order valence-corrected chi connectivity index (χ2v) is 12.0. The number of nitrogens with two attached hydrogens (primary N) is 1. The van der Waals surface area contributed by atoms with Gasteiger partial charge in [0.2, 0.25) is 5.91 Å². The Kier molecular flexibility index (Phi) is 12.2. The van der Waals surface area contributed by atoms with Gasteiger partial charge in [0.1, 0.15) is 12.4 Å². The third kappa shape index (κ3) is 8.40. The Morgan fingerprint density at radius 3 is 2.25 bits per heavy atom. The topological polar surface area (TPSA) is 67.6 Å². The van der Waals surface area contributed by atoms with Gasteiger partial charge in [0.25, 0.3) is 0 Å². The smallest absolute Gasteiger partial charge is 0.241 e. The average molecular weight is 649 g/mol. The number of anilines is 1. The van der Waals surface area contributed by atoms with Crippen molar-refractivity contribution in [3.05, 3.63) is 120 Å². The zero-order chi connectivity index (χ0) is 28.7. The van der Waals surface area contributed by atoms with Gasteiger partial charge in [0, 0.05) is 21.8 Å². The number of nitrogens with one attached hydrogen (secondary N) is 1. The number of ether oxygens (including phenoxy) is 1. The molecule has 1 aromatic heterocycles. The molecule has 5 nitrogen and oxygen atoms in total. The minimum Gasteiger partial charge on any atom is -0.492 e. The van der Waals surface area contributed by atoms with Crippen LogP contribution in [-0.2, 0) is 17.6 Å². The number of nitrogens with zero attached hydrogens (tertiary/aromatic N) is 1. The minimum absolute atomic E-state index is 0. The first-order valence-electron chi connectivity index (χ1n) is 14.8. The summed E-state index contributed by atoms with van der Waals surface area (Å²) in [5, 5.41) is 4.27. The normalized spacial score (nSPS) is 13.6. The van der Waals surface area contributed by atoms with Gasteiger partial charge < -0.3 is 15.8 Å². The van der Waals surface area contributed by atoms with Crippen molar-refractivity contribution in [2.75, 3.05) is 31.6 Å². The third-order valence-corrected chi connectivity index (χ3v) is 9.19. The lowest BCUT2D eigenvalue weighted by Crippen LogP contribution is -2.37. The van der Waals surface area contributed by atoms with Crippen molar-refractivity contribution in [2.24, 2.45) is 5.73 Å². The zero-order valence-corrected chi connectivity index (χ0v) is 27.1. The van der Waals surface area contributed by atoms with Gasteiger partial charge in [0.05, 0.1) is 6.04 Å². The maximum atomic E-state index is 12.7. The van der Waals surface area contributed by atoms with Crippen molar-refractivity contribution < 1.29 is 9.53 Å². The lowest BCUT2D eigenvalue weighted by atomic mass is 9.99. The number of halogens is 2. The van der Waals surface area contributed by atoms with E-state index in [1.54, 1.807) is 0 Å². The molecular formula is C36H39Cl2N3O2S. The van der Waals surface area contributed by atoms with Gasteiger partial charge in [-0.05, 0) is 96.7 Å². The molecule has 1 atom stereocenters. The van der Waals surface area contributed by atoms with E-state index in [0.29, 0.717) is 6.42 Å². The van der Waals surface area contributed by atoms with E-state index in [4.69, 9.17) is 10.5 Å². The van der Waals surface area contributed by atoms with Crippen molar-refractivity contribution in [3.63, 3.8) is 0 Å². The van der Waals surface area contributed by atoms with Gasteiger partial charge >= 0.3 is 0 Å². The maximum Gasteiger partial charge on any atom is 0.241 e. The summed E-state index contributed by atoms with van der Waals surface area (Å²) < 4.78 is 7.30. The number of fused-ring (bicyclic) bond motifs is 1. The Morgan fingerprint density at radius 1 is 0.841 bits per heavy atom. The second-order valence-electron chi connectivity index (χ2n) is 11.0. The number of hydrogen-bond donors (Lipinski definition) is 2. The first-order chi connectivity index (χ1) is 20.6. The molecule has 44 heavy (non-hydrogen) atoms. The standard InChI is InChI=1S/C36H37N3O2S.2ClH/c37-33(25-26-8-2-1-3-9-26)36(40)38-29-16-14-28(15-17-29)35-32(31-10-4-5-11-34(31)42-35)24-27-12-18-30(19-13-27)41-23-22-39-20-6-7-21-39;;/h1-5,8-19,33H,6-7,20-25,37H2,(H,38,40);2*1H/t33-;;/m0../s1. The molecule has 1 amide bonds. The summed E-state index contributed by atoms with van der Waals surface area (Å²) in [5.41, 5.74) is 11.7. The highest BCUT2D eigenvalue weighted by Gasteiger charge is 2.17. The highest BCUT2D eigenvalue weighted by atomic mass is 35.5. The van der Waals surface area contributed by atoms with Crippen molar-refractivity contribution in [2.45, 2.75) is 31.7 Å². The van der Waals surface area contributed by atoms with E-state index < -0.39 is 6.04 Å². The monoisotopic (exact) mass is 647 g/mol. The van der Waals surface area contributed by atoms with Gasteiger partial charge in [-0.25, -0.2) is 0 Å². The molecule has 4 aromatic carbocycles. The summed E-state index contributed by atoms with van der Waals surface area (Å²) in [6, 6.07) is 34.5. The molecule has 0 aliphatic carbocycles. The summed E-state index contributed by atoms with van der Waals surface area (Å²) in [5.74, 6) is 0.743. The quantitative estimate of drug-likeness (QED) is 0.152. The third-order valence-electron chi connectivity index (χ3n) is 7.93. The second kappa shape index (κ2) is 16.1. The fraction of sp³-hybridized carbons (Fsp3) is 0.250. The molecule has 0 radical (unpaired) electrons. The zero-order valence-electron chi connectivity index (χ0n) is 24.6. The molecule has 0 bridgehead atoms. The molecule has 5 aromatic rings. The molecule has 0 unspecified atom stereocenters. The number of rotatable bonds is 11. The van der Waals surface area contributed by atoms with Crippen molar-refractivity contribution in [1.82, 2.24) is 4.90 Å². The fourth-order valence-corrected chi connectivity index (χ4v) is 6.84. The number of thiophene rings is 1. The van der Waals surface area contributed by atoms with Crippen LogP contribution >= 0.6 is 36.2 Å². The van der Waals surface area contributed by atoms with Crippen LogP contribution in [0.3, 0.4) is 0 Å². The van der Waals surface area contributed by atoms with Crippen molar-refractivity contribution in [1.29, 1.82) is 0 Å². The Morgan fingerprint density at radius 2 is 1.52 bits per heavy atom. The van der Waals surface area contributed by atoms with E-state index in [9.17, 15) is 4.79 Å². The molecule has 1 aliphatic heterocycles. The molecule has 0 spiro atoms. The Bertz CT molecular complexity index is 1620. The van der Waals surface area contributed by atoms with Crippen LogP contribution in [0.2, 0.25) is 0 Å². The Hall–Kier alpha value is -3.39. The van der Waals surface area contributed by atoms with Crippen LogP contribution in [0.15, 0.2) is 103 Å². The SMILES string of the molecule is Cl.Cl.N[C@@H](Cc1ccccc1)C(=O)Nc1ccc(-c2sc3ccccc3c2Cc2ccc(OCCN3CCCC3)cc2)cc1. The Labute approximate surface area is 276 Å². The highest BCUT2D eigenvalue weighted by Crippen LogP contribution is 2.40. The minimum atomic E-state index is -0.608. The van der Waals surface area contributed by atoms with Crippen LogP contribution in [0.4, 0.5) is 5.69 Å². The molecule has 1 aliphatic rings. The van der Waals surface area contributed by atoms with E-state index in [1.165, 1.54) is 52.0 Å². The number of likely N-dealkylation sites (tertiary alicyclic amines) is 1. The number of carbonyl (C=O) groups is 1. The molecule has 230 valence electrons. The van der Waals surface area contributed by atoms with Gasteiger partial charge in [-0.2, -0.15) is 0 Å². The van der Waals surface area contributed by atoms with E-state index in [1.807, 2.05) is 53.8 Å². The molecule has 3 N–H and O–H groups in total. The Balaban J connectivity index is 0.00000221. The number of hydrogen-bond acceptors (Lipinski definition) is 5. The lowest BCUT2D eigenvalue weighted by Gasteiger charge is -2.15. The molecule has 2 heterocycles. The largest absolute Gasteiger partial charge is 0.492 e. The summed E-state index contributed by atoms with van der Waals surface area (Å²) in [6.07, 6.45) is 3.94. The van der Waals surface area contributed by atoms with Crippen LogP contribution in [0.25, 0.3) is 20.5 Å². The van der Waals surface area contributed by atoms with Crippen molar-refractivity contribution in [3.8, 4) is 16.2 Å². The van der Waals surface area contributed by atoms with E-state index in [2.05, 4.69) is 70.9 Å². The molecule has 1 saturated heterocycles. The van der Waals surface area contributed by atoms with E-state index >= 15 is 0 Å². The first-order valence-corrected chi connectivity index (χ1v) is 15.6. The van der Waals surface area contributed by atoms with Gasteiger partial charge in [-0.1, -0.05) is 72.8 Å². The summed E-state index contributed by atoms with van der Waals surface area (Å²) >= 11 is 1.81. The van der Waals surface area contributed by atoms with E-state index in [-0.39, 0.29) is 30.7 Å². The number of benzene rings is 4. The van der Waals surface area contributed by atoms with Crippen molar-refractivity contribution >= 4 is 57.8 Å². The predicted molar refractivity (Wildman–Crippen MR) is 189 cm³/mol. The molecule has 0 saturated carbocycles. The van der Waals surface area contributed by atoms with Crippen LogP contribution in [-0.4, -0.2) is 43.1 Å². The summed E-state index contributed by atoms with van der Waals surface area (Å²) in [4.78, 5) is 16.5. The molecule has 8 heteroatoms. The molecule has 6 rings (SSSR count). The average Bonchev–Trinajstić information content (AvgIpc) is 3.67. The lowest BCUT2D eigenvalue weighted by molar-refractivity contribution is -0.117. The predicted octanol–water partition coefficient (Wildman–Crippen LogP) is 7.99. The summed E-state index contributed by atoms with van der Waals surface area (Å²) in [6.45, 7) is 4.11. The van der Waals surface area contributed by atoms with Crippen LogP contribution in [0.1, 0.15) is 29.5 Å². The van der Waals surface area contributed by atoms with Gasteiger partial charge in [0.15, 0.2) is 0 Å². The molecule has 1 fully saturated rings. The summed E-state index contributed by atoms with van der Waals surface area (Å²) in [7, 11) is 0. The number of amides is 1. The fourth-order valence-electron chi connectivity index (χ4n) is 5.61. The van der Waals surface area contributed by atoms with E-state index in [0.717, 1.165) is 42.1 Å². The van der Waals surface area contributed by atoms with Crippen LogP contribution in [0.5, 0.6) is 5.75 Å². The van der Waals surface area contributed by atoms with Gasteiger partial charge in [-0.15, -0.1) is 36.2 Å². The molecular weight excluding hydrogens is 609 g/mol. The van der Waals surface area contributed by atoms with Crippen LogP contribution < -0.4 is 15.8 Å².